The van der Waals surface area contributed by atoms with Crippen molar-refractivity contribution in [3.8, 4) is 11.3 Å². The van der Waals surface area contributed by atoms with Gasteiger partial charge in [0.25, 0.3) is 15.9 Å². The van der Waals surface area contributed by atoms with E-state index >= 15 is 0 Å². The Labute approximate surface area is 232 Å². The number of benzene rings is 3. The Morgan fingerprint density at radius 3 is 2.41 bits per heavy atom. The first kappa shape index (κ1) is 26.9. The van der Waals surface area contributed by atoms with Gasteiger partial charge in [0, 0.05) is 15.1 Å². The summed E-state index contributed by atoms with van der Waals surface area (Å²) < 4.78 is 34.3. The van der Waals surface area contributed by atoms with Crippen molar-refractivity contribution in [1.29, 1.82) is 0 Å². The van der Waals surface area contributed by atoms with Crippen molar-refractivity contribution in [3.05, 3.63) is 105 Å². The SMILES string of the molecule is Cc1ccc(S(=O)(=O)N(CC(=O)N/N=C\c2ccc(-c3ccc(Cl)cc3Cl)o2)c2ccc(Br)cc2)cc1. The summed E-state index contributed by atoms with van der Waals surface area (Å²) in [6, 6.07) is 21.4. The third-order valence-electron chi connectivity index (χ3n) is 5.22. The van der Waals surface area contributed by atoms with Crippen molar-refractivity contribution in [1.82, 2.24) is 5.43 Å². The van der Waals surface area contributed by atoms with Crippen molar-refractivity contribution in [2.75, 3.05) is 10.8 Å². The van der Waals surface area contributed by atoms with Crippen LogP contribution in [-0.4, -0.2) is 27.1 Å². The van der Waals surface area contributed by atoms with Crippen LogP contribution in [0.3, 0.4) is 0 Å². The smallest absolute Gasteiger partial charge is 0.264 e. The quantitative estimate of drug-likeness (QED) is 0.176. The fourth-order valence-electron chi connectivity index (χ4n) is 3.35. The topological polar surface area (TPSA) is 92.0 Å². The number of nitrogens with one attached hydrogen (secondary N) is 1. The lowest BCUT2D eigenvalue weighted by Crippen LogP contribution is -2.39. The van der Waals surface area contributed by atoms with E-state index in [4.69, 9.17) is 27.6 Å². The second kappa shape index (κ2) is 11.5. The third kappa shape index (κ3) is 6.61. The number of hydrazone groups is 1. The molecule has 190 valence electrons. The summed E-state index contributed by atoms with van der Waals surface area (Å²) in [5.41, 5.74) is 4.26. The lowest BCUT2D eigenvalue weighted by Gasteiger charge is -2.23. The second-order valence-electron chi connectivity index (χ2n) is 7.92. The van der Waals surface area contributed by atoms with Gasteiger partial charge in [0.1, 0.15) is 18.1 Å². The number of amides is 1. The molecule has 0 aliphatic heterocycles. The first-order valence-corrected chi connectivity index (χ1v) is 13.8. The van der Waals surface area contributed by atoms with Crippen LogP contribution in [0, 0.1) is 6.92 Å². The molecule has 0 radical (unpaired) electrons. The van der Waals surface area contributed by atoms with Crippen LogP contribution in [0.25, 0.3) is 11.3 Å². The molecule has 0 spiro atoms. The predicted octanol–water partition coefficient (Wildman–Crippen LogP) is 6.67. The minimum atomic E-state index is -4.03. The summed E-state index contributed by atoms with van der Waals surface area (Å²) in [6.07, 6.45) is 1.31. The summed E-state index contributed by atoms with van der Waals surface area (Å²) in [5, 5.41) is 4.85. The zero-order valence-corrected chi connectivity index (χ0v) is 23.3. The molecule has 4 rings (SSSR count). The number of hydrogen-bond donors (Lipinski definition) is 1. The molecule has 1 heterocycles. The highest BCUT2D eigenvalue weighted by atomic mass is 79.9. The van der Waals surface area contributed by atoms with Gasteiger partial charge in [-0.3, -0.25) is 9.10 Å². The number of rotatable bonds is 8. The van der Waals surface area contributed by atoms with Crippen LogP contribution >= 0.6 is 39.1 Å². The number of aryl methyl sites for hydroxylation is 1. The van der Waals surface area contributed by atoms with E-state index in [0.29, 0.717) is 32.8 Å². The van der Waals surface area contributed by atoms with Crippen molar-refractivity contribution in [2.24, 2.45) is 5.10 Å². The third-order valence-corrected chi connectivity index (χ3v) is 8.08. The van der Waals surface area contributed by atoms with Gasteiger partial charge in [-0.25, -0.2) is 13.8 Å². The molecule has 37 heavy (non-hydrogen) atoms. The monoisotopic (exact) mass is 619 g/mol. The molecule has 4 aromatic rings. The molecule has 0 bridgehead atoms. The van der Waals surface area contributed by atoms with Gasteiger partial charge in [0.15, 0.2) is 0 Å². The van der Waals surface area contributed by atoms with Crippen molar-refractivity contribution >= 4 is 67.0 Å². The Kier molecular flexibility index (Phi) is 8.39. The summed E-state index contributed by atoms with van der Waals surface area (Å²) in [5.74, 6) is 0.223. The largest absolute Gasteiger partial charge is 0.455 e. The fourth-order valence-corrected chi connectivity index (χ4v) is 5.54. The highest BCUT2D eigenvalue weighted by molar-refractivity contribution is 9.10. The lowest BCUT2D eigenvalue weighted by atomic mass is 10.2. The second-order valence-corrected chi connectivity index (χ2v) is 11.5. The van der Waals surface area contributed by atoms with Gasteiger partial charge in [0.05, 0.1) is 21.8 Å². The number of carbonyl (C=O) groups is 1. The van der Waals surface area contributed by atoms with Crippen LogP contribution in [0.1, 0.15) is 11.3 Å². The standard InChI is InChI=1S/C26H20BrCl2N3O4S/c1-17-2-10-22(11-3-17)37(34,35)32(20-7-4-18(27)5-8-20)16-26(33)31-30-15-21-9-13-25(36-21)23-12-6-19(28)14-24(23)29/h2-15H,16H2,1H3,(H,31,33)/b30-15-. The van der Waals surface area contributed by atoms with Crippen LogP contribution in [0.2, 0.25) is 10.0 Å². The summed E-state index contributed by atoms with van der Waals surface area (Å²) in [6.45, 7) is 1.37. The molecule has 0 saturated heterocycles. The van der Waals surface area contributed by atoms with E-state index in [9.17, 15) is 13.2 Å². The van der Waals surface area contributed by atoms with Gasteiger partial charge in [-0.15, -0.1) is 0 Å². The van der Waals surface area contributed by atoms with E-state index in [1.54, 1.807) is 66.7 Å². The predicted molar refractivity (Wildman–Crippen MR) is 150 cm³/mol. The molecule has 1 aromatic heterocycles. The Morgan fingerprint density at radius 1 is 1.03 bits per heavy atom. The normalized spacial score (nSPS) is 11.6. The molecule has 7 nitrogen and oxygen atoms in total. The van der Waals surface area contributed by atoms with Crippen LogP contribution in [-0.2, 0) is 14.8 Å². The molecule has 0 unspecified atom stereocenters. The molecule has 0 aliphatic carbocycles. The van der Waals surface area contributed by atoms with E-state index in [2.05, 4.69) is 26.5 Å². The van der Waals surface area contributed by atoms with Gasteiger partial charge >= 0.3 is 0 Å². The number of sulfonamides is 1. The number of furan rings is 1. The summed E-state index contributed by atoms with van der Waals surface area (Å²) >= 11 is 15.5. The zero-order valence-electron chi connectivity index (χ0n) is 19.4. The Morgan fingerprint density at radius 2 is 1.73 bits per heavy atom. The molecule has 3 aromatic carbocycles. The number of hydrogen-bond acceptors (Lipinski definition) is 5. The molecule has 0 aliphatic rings. The highest BCUT2D eigenvalue weighted by Crippen LogP contribution is 2.31. The Bertz CT molecular complexity index is 1550. The lowest BCUT2D eigenvalue weighted by molar-refractivity contribution is -0.119. The van der Waals surface area contributed by atoms with Gasteiger partial charge < -0.3 is 4.42 Å². The number of halogens is 3. The van der Waals surface area contributed by atoms with E-state index in [1.807, 2.05) is 6.92 Å². The Hall–Kier alpha value is -3.11. The molecule has 1 amide bonds. The minimum Gasteiger partial charge on any atom is -0.455 e. The fraction of sp³-hybridized carbons (Fsp3) is 0.0769. The average molecular weight is 621 g/mol. The molecule has 0 atom stereocenters. The maximum atomic E-state index is 13.4. The molecular formula is C26H20BrCl2N3O4S. The zero-order chi connectivity index (χ0) is 26.6. The summed E-state index contributed by atoms with van der Waals surface area (Å²) in [7, 11) is -4.03. The average Bonchev–Trinajstić information content (AvgIpc) is 3.32. The van der Waals surface area contributed by atoms with Gasteiger partial charge in [-0.2, -0.15) is 5.10 Å². The molecule has 0 saturated carbocycles. The van der Waals surface area contributed by atoms with Crippen LogP contribution in [0.15, 0.2) is 97.7 Å². The van der Waals surface area contributed by atoms with E-state index < -0.39 is 22.5 Å². The molecule has 1 N–H and O–H groups in total. The van der Waals surface area contributed by atoms with E-state index in [-0.39, 0.29) is 4.90 Å². The van der Waals surface area contributed by atoms with Crippen LogP contribution in [0.4, 0.5) is 5.69 Å². The van der Waals surface area contributed by atoms with Gasteiger partial charge in [0.2, 0.25) is 0 Å². The number of nitrogens with zero attached hydrogens (tertiary/aromatic N) is 2. The first-order valence-electron chi connectivity index (χ1n) is 10.9. The van der Waals surface area contributed by atoms with Crippen molar-refractivity contribution in [3.63, 3.8) is 0 Å². The minimum absolute atomic E-state index is 0.0706. The summed E-state index contributed by atoms with van der Waals surface area (Å²) in [4.78, 5) is 12.8. The van der Waals surface area contributed by atoms with Gasteiger partial charge in [-0.05, 0) is 73.7 Å². The van der Waals surface area contributed by atoms with Crippen LogP contribution < -0.4 is 9.73 Å². The molecule has 11 heteroatoms. The number of carbonyl (C=O) groups excluding carboxylic acids is 1. The maximum absolute atomic E-state index is 13.4. The van der Waals surface area contributed by atoms with Crippen LogP contribution in [0.5, 0.6) is 0 Å². The highest BCUT2D eigenvalue weighted by Gasteiger charge is 2.27. The van der Waals surface area contributed by atoms with Crippen molar-refractivity contribution < 1.29 is 17.6 Å². The maximum Gasteiger partial charge on any atom is 0.264 e. The van der Waals surface area contributed by atoms with E-state index in [1.165, 1.54) is 18.3 Å². The first-order chi connectivity index (χ1) is 17.6. The Balaban J connectivity index is 1.50. The number of anilines is 1. The molecular weight excluding hydrogens is 601 g/mol. The molecule has 0 fully saturated rings. The van der Waals surface area contributed by atoms with E-state index in [0.717, 1.165) is 14.3 Å². The van der Waals surface area contributed by atoms with Crippen molar-refractivity contribution in [2.45, 2.75) is 11.8 Å². The van der Waals surface area contributed by atoms with Gasteiger partial charge in [-0.1, -0.05) is 56.8 Å².